The van der Waals surface area contributed by atoms with Gasteiger partial charge in [0.1, 0.15) is 11.6 Å². The maximum Gasteiger partial charge on any atom is 0.147 e. The Labute approximate surface area is 111 Å². The van der Waals surface area contributed by atoms with Crippen LogP contribution < -0.4 is 10.6 Å². The van der Waals surface area contributed by atoms with Crippen molar-refractivity contribution in [3.8, 4) is 0 Å². The Morgan fingerprint density at radius 2 is 1.82 bits per heavy atom. The van der Waals surface area contributed by atoms with Crippen LogP contribution in [0.4, 0.5) is 11.6 Å². The van der Waals surface area contributed by atoms with Crippen molar-refractivity contribution < 1.29 is 5.11 Å². The number of rotatable bonds is 7. The molecule has 0 amide bonds. The highest BCUT2D eigenvalue weighted by molar-refractivity contribution is 6.37. The van der Waals surface area contributed by atoms with Crippen LogP contribution in [0.3, 0.4) is 0 Å². The lowest BCUT2D eigenvalue weighted by atomic mass is 10.3. The molecule has 4 nitrogen and oxygen atoms in total. The van der Waals surface area contributed by atoms with Crippen LogP contribution in [0.1, 0.15) is 19.8 Å². The molecular weight excluding hydrogens is 261 g/mol. The molecule has 1 heterocycles. The van der Waals surface area contributed by atoms with Crippen molar-refractivity contribution in [2.24, 2.45) is 0 Å². The molecule has 0 fully saturated rings. The number of aromatic nitrogens is 1. The van der Waals surface area contributed by atoms with Gasteiger partial charge in [-0.25, -0.2) is 4.98 Å². The third kappa shape index (κ3) is 4.58. The topological polar surface area (TPSA) is 57.2 Å². The van der Waals surface area contributed by atoms with Gasteiger partial charge in [-0.3, -0.25) is 0 Å². The molecule has 17 heavy (non-hydrogen) atoms. The minimum Gasteiger partial charge on any atom is -0.396 e. The lowest BCUT2D eigenvalue weighted by Gasteiger charge is -2.11. The highest BCUT2D eigenvalue weighted by atomic mass is 35.5. The molecule has 0 saturated carbocycles. The Morgan fingerprint density at radius 3 is 2.41 bits per heavy atom. The summed E-state index contributed by atoms with van der Waals surface area (Å²) in [5.41, 5.74) is 0. The molecule has 0 aliphatic carbocycles. The fourth-order valence-electron chi connectivity index (χ4n) is 1.33. The lowest BCUT2D eigenvalue weighted by molar-refractivity contribution is 0.286. The van der Waals surface area contributed by atoms with Gasteiger partial charge < -0.3 is 15.7 Å². The minimum atomic E-state index is 0.200. The van der Waals surface area contributed by atoms with Crippen LogP contribution in [0.15, 0.2) is 6.07 Å². The van der Waals surface area contributed by atoms with E-state index in [-0.39, 0.29) is 6.61 Å². The van der Waals surface area contributed by atoms with Crippen LogP contribution in [-0.2, 0) is 0 Å². The first-order chi connectivity index (χ1) is 8.19. The second-order valence-corrected chi connectivity index (χ2v) is 4.35. The van der Waals surface area contributed by atoms with Gasteiger partial charge in [-0.05, 0) is 25.8 Å². The second kappa shape index (κ2) is 7.58. The van der Waals surface area contributed by atoms with Crippen molar-refractivity contribution in [1.82, 2.24) is 4.98 Å². The van der Waals surface area contributed by atoms with Gasteiger partial charge in [-0.2, -0.15) is 0 Å². The fraction of sp³-hybridized carbons (Fsp3) is 0.545. The molecule has 0 bridgehead atoms. The standard InChI is InChI=1S/C11H17Cl2N3O/c1-2-14-10-8(12)7-9(13)11(16-10)15-5-3-4-6-17/h7,17H,2-6H2,1H3,(H2,14,15,16). The van der Waals surface area contributed by atoms with Gasteiger partial charge in [0, 0.05) is 19.7 Å². The van der Waals surface area contributed by atoms with E-state index in [1.54, 1.807) is 6.07 Å². The molecule has 1 aromatic heterocycles. The number of halogens is 2. The molecular formula is C11H17Cl2N3O. The van der Waals surface area contributed by atoms with Crippen LogP contribution in [0.2, 0.25) is 10.0 Å². The Bertz CT molecular complexity index is 361. The summed E-state index contributed by atoms with van der Waals surface area (Å²) in [5, 5.41) is 15.9. The normalized spacial score (nSPS) is 10.4. The Hall–Kier alpha value is -0.710. The fourth-order valence-corrected chi connectivity index (χ4v) is 1.82. The summed E-state index contributed by atoms with van der Waals surface area (Å²) < 4.78 is 0. The van der Waals surface area contributed by atoms with Crippen molar-refractivity contribution in [1.29, 1.82) is 0 Å². The van der Waals surface area contributed by atoms with E-state index in [0.29, 0.717) is 21.7 Å². The van der Waals surface area contributed by atoms with Gasteiger partial charge >= 0.3 is 0 Å². The third-order valence-electron chi connectivity index (χ3n) is 2.15. The van der Waals surface area contributed by atoms with Crippen molar-refractivity contribution in [2.75, 3.05) is 30.3 Å². The van der Waals surface area contributed by atoms with E-state index < -0.39 is 0 Å². The molecule has 0 unspecified atom stereocenters. The predicted octanol–water partition coefficient (Wildman–Crippen LogP) is 3.00. The van der Waals surface area contributed by atoms with Crippen LogP contribution in [0.25, 0.3) is 0 Å². The van der Waals surface area contributed by atoms with Gasteiger partial charge in [0.2, 0.25) is 0 Å². The van der Waals surface area contributed by atoms with Gasteiger partial charge in [0.25, 0.3) is 0 Å². The van der Waals surface area contributed by atoms with Crippen molar-refractivity contribution in [2.45, 2.75) is 19.8 Å². The zero-order valence-electron chi connectivity index (χ0n) is 9.76. The van der Waals surface area contributed by atoms with Crippen molar-refractivity contribution >= 4 is 34.8 Å². The number of nitrogens with zero attached hydrogens (tertiary/aromatic N) is 1. The molecule has 0 saturated heterocycles. The summed E-state index contributed by atoms with van der Waals surface area (Å²) in [6, 6.07) is 1.67. The van der Waals surface area contributed by atoms with Gasteiger partial charge in [0.15, 0.2) is 0 Å². The van der Waals surface area contributed by atoms with E-state index in [9.17, 15) is 0 Å². The van der Waals surface area contributed by atoms with Gasteiger partial charge in [-0.1, -0.05) is 23.2 Å². The number of unbranched alkanes of at least 4 members (excludes halogenated alkanes) is 1. The number of aliphatic hydroxyl groups is 1. The number of anilines is 2. The molecule has 1 rings (SSSR count). The SMILES string of the molecule is CCNc1nc(NCCCCO)c(Cl)cc1Cl. The zero-order chi connectivity index (χ0) is 12.7. The van der Waals surface area contributed by atoms with E-state index in [2.05, 4.69) is 15.6 Å². The number of nitrogens with one attached hydrogen (secondary N) is 2. The van der Waals surface area contributed by atoms with Crippen molar-refractivity contribution in [3.63, 3.8) is 0 Å². The predicted molar refractivity (Wildman–Crippen MR) is 73.2 cm³/mol. The quantitative estimate of drug-likeness (QED) is 0.671. The molecule has 0 aliphatic heterocycles. The zero-order valence-corrected chi connectivity index (χ0v) is 11.3. The molecule has 0 radical (unpaired) electrons. The lowest BCUT2D eigenvalue weighted by Crippen LogP contribution is -2.07. The molecule has 0 spiro atoms. The number of aliphatic hydroxyl groups excluding tert-OH is 1. The average molecular weight is 278 g/mol. The summed E-state index contributed by atoms with van der Waals surface area (Å²) in [4.78, 5) is 4.31. The minimum absolute atomic E-state index is 0.200. The van der Waals surface area contributed by atoms with Crippen LogP contribution >= 0.6 is 23.2 Å². The van der Waals surface area contributed by atoms with E-state index >= 15 is 0 Å². The third-order valence-corrected chi connectivity index (χ3v) is 2.73. The first-order valence-electron chi connectivity index (χ1n) is 5.63. The Kier molecular flexibility index (Phi) is 6.40. The molecule has 6 heteroatoms. The highest BCUT2D eigenvalue weighted by Crippen LogP contribution is 2.28. The first kappa shape index (κ1) is 14.4. The average Bonchev–Trinajstić information content (AvgIpc) is 2.30. The number of hydrogen-bond acceptors (Lipinski definition) is 4. The van der Waals surface area contributed by atoms with Gasteiger partial charge in [-0.15, -0.1) is 0 Å². The summed E-state index contributed by atoms with van der Waals surface area (Å²) in [5.74, 6) is 1.24. The molecule has 3 N–H and O–H groups in total. The maximum atomic E-state index is 8.67. The smallest absolute Gasteiger partial charge is 0.147 e. The summed E-state index contributed by atoms with van der Waals surface area (Å²) in [6.07, 6.45) is 1.63. The molecule has 0 aromatic carbocycles. The van der Waals surface area contributed by atoms with E-state index in [1.165, 1.54) is 0 Å². The number of hydrogen-bond donors (Lipinski definition) is 3. The largest absolute Gasteiger partial charge is 0.396 e. The summed E-state index contributed by atoms with van der Waals surface area (Å²) in [6.45, 7) is 3.64. The molecule has 0 atom stereocenters. The maximum absolute atomic E-state index is 8.67. The summed E-state index contributed by atoms with van der Waals surface area (Å²) >= 11 is 12.0. The molecule has 0 aliphatic rings. The first-order valence-corrected chi connectivity index (χ1v) is 6.39. The Morgan fingerprint density at radius 1 is 1.18 bits per heavy atom. The number of pyridine rings is 1. The van der Waals surface area contributed by atoms with Crippen LogP contribution in [0.5, 0.6) is 0 Å². The second-order valence-electron chi connectivity index (χ2n) is 3.54. The molecule has 1 aromatic rings. The Balaban J connectivity index is 2.66. The van der Waals surface area contributed by atoms with Gasteiger partial charge in [0.05, 0.1) is 10.0 Å². The van der Waals surface area contributed by atoms with E-state index in [1.807, 2.05) is 6.92 Å². The summed E-state index contributed by atoms with van der Waals surface area (Å²) in [7, 11) is 0. The van der Waals surface area contributed by atoms with E-state index in [0.717, 1.165) is 25.9 Å². The van der Waals surface area contributed by atoms with Crippen LogP contribution in [-0.4, -0.2) is 29.8 Å². The highest BCUT2D eigenvalue weighted by Gasteiger charge is 2.08. The van der Waals surface area contributed by atoms with E-state index in [4.69, 9.17) is 28.3 Å². The van der Waals surface area contributed by atoms with Crippen molar-refractivity contribution in [3.05, 3.63) is 16.1 Å². The monoisotopic (exact) mass is 277 g/mol. The van der Waals surface area contributed by atoms with Crippen LogP contribution in [0, 0.1) is 0 Å². The molecule has 96 valence electrons.